The van der Waals surface area contributed by atoms with E-state index in [0.29, 0.717) is 0 Å². The van der Waals surface area contributed by atoms with E-state index in [1.165, 1.54) is 76.7 Å². The van der Waals surface area contributed by atoms with Crippen molar-refractivity contribution < 1.29 is 0 Å². The Morgan fingerprint density at radius 1 is 0.649 bits per heavy atom. The molecule has 4 aliphatic carbocycles. The SMILES string of the molecule is C=CC[Si](C)(C)C1CCC([Si](c2ccccc2)(c2ccccc2)C2C3CCCCC3C3CCCCC32)C1. The number of fused-ring (bicyclic) bond motifs is 3. The minimum absolute atomic E-state index is 0.896. The monoisotopic (exact) mass is 526 g/mol. The van der Waals surface area contributed by atoms with Gasteiger partial charge in [-0.3, -0.25) is 0 Å². The van der Waals surface area contributed by atoms with Gasteiger partial charge in [0.15, 0.2) is 0 Å². The second-order valence-corrected chi connectivity index (χ2v) is 23.6. The highest BCUT2D eigenvalue weighted by Crippen LogP contribution is 2.66. The van der Waals surface area contributed by atoms with Crippen LogP contribution in [0.2, 0.25) is 35.8 Å². The summed E-state index contributed by atoms with van der Waals surface area (Å²) < 4.78 is 0. The Hall–Kier alpha value is -1.39. The van der Waals surface area contributed by atoms with Gasteiger partial charge in [-0.2, -0.15) is 0 Å². The summed E-state index contributed by atoms with van der Waals surface area (Å²) in [6.45, 7) is 9.51. The molecule has 6 atom stereocenters. The van der Waals surface area contributed by atoms with E-state index in [1.54, 1.807) is 10.4 Å². The quantitative estimate of drug-likeness (QED) is 0.249. The summed E-state index contributed by atoms with van der Waals surface area (Å²) in [5.41, 5.74) is 2.80. The molecule has 0 aromatic heterocycles. The lowest BCUT2D eigenvalue weighted by Gasteiger charge is -2.49. The van der Waals surface area contributed by atoms with Gasteiger partial charge in [0.25, 0.3) is 0 Å². The van der Waals surface area contributed by atoms with E-state index in [9.17, 15) is 0 Å². The smallest absolute Gasteiger partial charge is 0.103 e. The van der Waals surface area contributed by atoms with Crippen molar-refractivity contribution in [3.63, 3.8) is 0 Å². The van der Waals surface area contributed by atoms with Crippen molar-refractivity contribution in [2.24, 2.45) is 23.7 Å². The van der Waals surface area contributed by atoms with Crippen molar-refractivity contribution in [3.8, 4) is 0 Å². The molecule has 0 N–H and O–H groups in total. The molecule has 4 aliphatic rings. The van der Waals surface area contributed by atoms with Crippen LogP contribution in [0.15, 0.2) is 73.3 Å². The van der Waals surface area contributed by atoms with Crippen LogP contribution in [0.3, 0.4) is 0 Å². The zero-order valence-electron chi connectivity index (χ0n) is 23.6. The minimum Gasteiger partial charge on any atom is -0.103 e. The van der Waals surface area contributed by atoms with Gasteiger partial charge in [-0.25, -0.2) is 0 Å². The zero-order chi connectivity index (χ0) is 25.5. The fourth-order valence-electron chi connectivity index (χ4n) is 10.7. The Morgan fingerprint density at radius 3 is 1.59 bits per heavy atom. The zero-order valence-corrected chi connectivity index (χ0v) is 25.6. The van der Waals surface area contributed by atoms with Gasteiger partial charge in [-0.1, -0.05) is 148 Å². The van der Waals surface area contributed by atoms with Crippen LogP contribution in [0.1, 0.15) is 70.6 Å². The van der Waals surface area contributed by atoms with Gasteiger partial charge < -0.3 is 0 Å². The molecule has 0 amide bonds. The molecule has 2 aromatic rings. The van der Waals surface area contributed by atoms with E-state index in [4.69, 9.17) is 0 Å². The molecule has 2 aromatic carbocycles. The second kappa shape index (κ2) is 10.6. The van der Waals surface area contributed by atoms with E-state index >= 15 is 0 Å². The van der Waals surface area contributed by atoms with E-state index < -0.39 is 16.1 Å². The standard InChI is InChI=1S/C35H50Si2/c1-4-25-36(2,3)29-23-24-30(26-29)37(27-15-7-5-8-16-27,28-17-9-6-10-18-28)35-33-21-13-11-19-31(33)32-20-12-14-22-34(32)35/h4-10,15-18,29-35H,1,11-14,19-26H2,2-3H3. The number of allylic oxidation sites excluding steroid dienone is 1. The first kappa shape index (κ1) is 25.9. The van der Waals surface area contributed by atoms with Gasteiger partial charge >= 0.3 is 0 Å². The van der Waals surface area contributed by atoms with Crippen LogP contribution in [0, 0.1) is 23.7 Å². The topological polar surface area (TPSA) is 0 Å². The van der Waals surface area contributed by atoms with Crippen LogP contribution in [0.5, 0.6) is 0 Å². The van der Waals surface area contributed by atoms with Crippen LogP contribution < -0.4 is 10.4 Å². The Kier molecular flexibility index (Phi) is 7.44. The second-order valence-electron chi connectivity index (χ2n) is 14.0. The molecule has 37 heavy (non-hydrogen) atoms. The number of hydrogen-bond acceptors (Lipinski definition) is 0. The molecule has 198 valence electrons. The minimum atomic E-state index is -2.05. The molecular formula is C35H50Si2. The lowest BCUT2D eigenvalue weighted by atomic mass is 9.73. The summed E-state index contributed by atoms with van der Waals surface area (Å²) in [5.74, 6) is 4.00. The number of rotatable bonds is 7. The van der Waals surface area contributed by atoms with Gasteiger partial charge in [-0.15, -0.1) is 6.58 Å². The Labute approximate surface area is 229 Å². The average Bonchev–Trinajstić information content (AvgIpc) is 3.56. The Morgan fingerprint density at radius 2 is 1.11 bits per heavy atom. The van der Waals surface area contributed by atoms with Gasteiger partial charge in [-0.05, 0) is 59.2 Å². The Bertz CT molecular complexity index is 982. The average molecular weight is 527 g/mol. The molecule has 6 unspecified atom stereocenters. The van der Waals surface area contributed by atoms with Gasteiger partial charge in [0.2, 0.25) is 0 Å². The van der Waals surface area contributed by atoms with Gasteiger partial charge in [0, 0.05) is 0 Å². The van der Waals surface area contributed by atoms with E-state index in [-0.39, 0.29) is 0 Å². The van der Waals surface area contributed by atoms with Crippen molar-refractivity contribution in [1.82, 2.24) is 0 Å². The van der Waals surface area contributed by atoms with Crippen molar-refractivity contribution in [1.29, 1.82) is 0 Å². The Balaban J connectivity index is 1.54. The first-order valence-electron chi connectivity index (χ1n) is 15.8. The van der Waals surface area contributed by atoms with Crippen LogP contribution in [-0.2, 0) is 0 Å². The third-order valence-corrected chi connectivity index (χ3v) is 22.5. The third-order valence-electron chi connectivity index (χ3n) is 12.1. The molecule has 4 fully saturated rings. The van der Waals surface area contributed by atoms with Gasteiger partial charge in [0.1, 0.15) is 8.07 Å². The molecule has 0 spiro atoms. The maximum absolute atomic E-state index is 4.18. The van der Waals surface area contributed by atoms with Crippen molar-refractivity contribution in [2.75, 3.05) is 0 Å². The van der Waals surface area contributed by atoms with Crippen LogP contribution in [-0.4, -0.2) is 16.1 Å². The van der Waals surface area contributed by atoms with Crippen molar-refractivity contribution in [3.05, 3.63) is 73.3 Å². The summed E-state index contributed by atoms with van der Waals surface area (Å²) in [5, 5.41) is 3.58. The molecule has 6 rings (SSSR count). The van der Waals surface area contributed by atoms with Gasteiger partial charge in [0.05, 0.1) is 8.07 Å². The summed E-state index contributed by atoms with van der Waals surface area (Å²) in [6.07, 6.45) is 18.7. The number of hydrogen-bond donors (Lipinski definition) is 0. The first-order chi connectivity index (χ1) is 18.1. The van der Waals surface area contributed by atoms with E-state index in [0.717, 1.165) is 40.3 Å². The molecule has 0 bridgehead atoms. The molecule has 0 nitrogen and oxygen atoms in total. The van der Waals surface area contributed by atoms with E-state index in [2.05, 4.69) is 86.4 Å². The largest absolute Gasteiger partial charge is 0.124 e. The maximum Gasteiger partial charge on any atom is 0.124 e. The fourth-order valence-corrected chi connectivity index (χ4v) is 21.4. The predicted octanol–water partition coefficient (Wildman–Crippen LogP) is 9.06. The summed E-state index contributed by atoms with van der Waals surface area (Å²) in [7, 11) is -3.34. The van der Waals surface area contributed by atoms with Crippen LogP contribution in [0.25, 0.3) is 0 Å². The molecule has 2 heteroatoms. The lowest BCUT2D eigenvalue weighted by molar-refractivity contribution is 0.184. The summed E-state index contributed by atoms with van der Waals surface area (Å²) >= 11 is 0. The molecule has 4 saturated carbocycles. The maximum atomic E-state index is 4.18. The molecular weight excluding hydrogens is 477 g/mol. The lowest BCUT2D eigenvalue weighted by Crippen LogP contribution is -2.66. The highest BCUT2D eigenvalue weighted by atomic mass is 28.3. The third kappa shape index (κ3) is 4.39. The van der Waals surface area contributed by atoms with Crippen molar-refractivity contribution in [2.45, 2.75) is 106 Å². The molecule has 0 heterocycles. The molecule has 0 radical (unpaired) electrons. The molecule has 0 aliphatic heterocycles. The van der Waals surface area contributed by atoms with Crippen molar-refractivity contribution >= 4 is 26.5 Å². The summed E-state index contributed by atoms with van der Waals surface area (Å²) in [6, 6.07) is 25.8. The fraction of sp³-hybridized carbons (Fsp3) is 0.600. The highest BCUT2D eigenvalue weighted by Gasteiger charge is 2.63. The van der Waals surface area contributed by atoms with Crippen LogP contribution in [0.4, 0.5) is 0 Å². The number of benzene rings is 2. The van der Waals surface area contributed by atoms with E-state index in [1.807, 2.05) is 0 Å². The van der Waals surface area contributed by atoms with Crippen LogP contribution >= 0.6 is 0 Å². The summed E-state index contributed by atoms with van der Waals surface area (Å²) in [4.78, 5) is 0. The normalized spacial score (nSPS) is 34.1. The highest BCUT2D eigenvalue weighted by molar-refractivity contribution is 7.04. The molecule has 0 saturated heterocycles. The first-order valence-corrected chi connectivity index (χ1v) is 21.2. The predicted molar refractivity (Wildman–Crippen MR) is 166 cm³/mol.